The Morgan fingerprint density at radius 2 is 1.92 bits per heavy atom. The number of nitrogens with one attached hydrogen (secondary N) is 1. The van der Waals surface area contributed by atoms with Crippen LogP contribution in [0.5, 0.6) is 11.5 Å². The number of ether oxygens (including phenoxy) is 2. The largest absolute Gasteiger partial charge is 0.454 e. The highest BCUT2D eigenvalue weighted by atomic mass is 79.9. The van der Waals surface area contributed by atoms with E-state index in [0.717, 1.165) is 20.0 Å². The number of benzene rings is 2. The van der Waals surface area contributed by atoms with Crippen LogP contribution in [0.15, 0.2) is 58.4 Å². The lowest BCUT2D eigenvalue weighted by molar-refractivity contribution is 0.0975. The minimum Gasteiger partial charge on any atom is -0.454 e. The van der Waals surface area contributed by atoms with Gasteiger partial charge in [0.2, 0.25) is 6.79 Å². The Labute approximate surface area is 162 Å². The van der Waals surface area contributed by atoms with Crippen LogP contribution in [0.3, 0.4) is 0 Å². The molecule has 0 spiro atoms. The molecule has 0 fully saturated rings. The van der Waals surface area contributed by atoms with Gasteiger partial charge in [-0.05, 0) is 52.3 Å². The lowest BCUT2D eigenvalue weighted by Gasteiger charge is -2.37. The zero-order valence-electron chi connectivity index (χ0n) is 13.4. The maximum Gasteiger partial charge on any atom is 0.262 e. The molecule has 1 amide bonds. The first-order chi connectivity index (χ1) is 12.7. The molecule has 5 nitrogen and oxygen atoms in total. The number of anilines is 2. The molecule has 130 valence electrons. The van der Waals surface area contributed by atoms with E-state index in [9.17, 15) is 4.79 Å². The standard InChI is InChI=1S/C19H13BrN2O3S/c20-17-8-7-16(26-17)18-21-13-4-2-1-3-12(13)19(23)22(18)11-5-6-14-15(9-11)25-10-24-14/h1-9,18,21H,10H2/t18-/m0/s1. The quantitative estimate of drug-likeness (QED) is 0.622. The maximum absolute atomic E-state index is 13.3. The second kappa shape index (κ2) is 6.03. The number of hydrogen-bond acceptors (Lipinski definition) is 5. The van der Waals surface area contributed by atoms with Crippen LogP contribution in [-0.2, 0) is 0 Å². The van der Waals surface area contributed by atoms with Crippen molar-refractivity contribution in [2.24, 2.45) is 0 Å². The molecule has 0 saturated carbocycles. The number of rotatable bonds is 2. The Hall–Kier alpha value is -2.51. The third kappa shape index (κ3) is 2.47. The van der Waals surface area contributed by atoms with E-state index in [1.807, 2.05) is 54.6 Å². The second-order valence-electron chi connectivity index (χ2n) is 5.95. The lowest BCUT2D eigenvalue weighted by Crippen LogP contribution is -2.42. The second-order valence-corrected chi connectivity index (χ2v) is 8.44. The van der Waals surface area contributed by atoms with E-state index in [1.165, 1.54) is 0 Å². The summed E-state index contributed by atoms with van der Waals surface area (Å²) in [4.78, 5) is 16.1. The van der Waals surface area contributed by atoms with Crippen LogP contribution in [0.2, 0.25) is 0 Å². The highest BCUT2D eigenvalue weighted by Gasteiger charge is 2.35. The van der Waals surface area contributed by atoms with Crippen molar-refractivity contribution in [3.05, 3.63) is 68.8 Å². The third-order valence-electron chi connectivity index (χ3n) is 4.42. The smallest absolute Gasteiger partial charge is 0.262 e. The monoisotopic (exact) mass is 428 g/mol. The van der Waals surface area contributed by atoms with Gasteiger partial charge in [0.15, 0.2) is 11.5 Å². The van der Waals surface area contributed by atoms with Crippen molar-refractivity contribution < 1.29 is 14.3 Å². The van der Waals surface area contributed by atoms with Crippen LogP contribution >= 0.6 is 27.3 Å². The minimum atomic E-state index is -0.297. The Kier molecular flexibility index (Phi) is 3.65. The Morgan fingerprint density at radius 1 is 1.08 bits per heavy atom. The Morgan fingerprint density at radius 3 is 2.77 bits per heavy atom. The Balaban J connectivity index is 1.65. The molecular formula is C19H13BrN2O3S. The number of amides is 1. The summed E-state index contributed by atoms with van der Waals surface area (Å²) in [5.74, 6) is 1.30. The molecule has 0 aliphatic carbocycles. The zero-order valence-corrected chi connectivity index (χ0v) is 15.8. The number of fused-ring (bicyclic) bond motifs is 2. The average molecular weight is 429 g/mol. The zero-order chi connectivity index (χ0) is 17.7. The van der Waals surface area contributed by atoms with Gasteiger partial charge in [-0.2, -0.15) is 0 Å². The summed E-state index contributed by atoms with van der Waals surface area (Å²) >= 11 is 5.11. The summed E-state index contributed by atoms with van der Waals surface area (Å²) in [5.41, 5.74) is 2.25. The number of hydrogen-bond donors (Lipinski definition) is 1. The Bertz CT molecular complexity index is 1020. The van der Waals surface area contributed by atoms with Gasteiger partial charge >= 0.3 is 0 Å². The number of para-hydroxylation sites is 1. The molecule has 1 aromatic heterocycles. The van der Waals surface area contributed by atoms with Gasteiger partial charge in [0.05, 0.1) is 15.0 Å². The third-order valence-corrected chi connectivity index (χ3v) is 6.10. The van der Waals surface area contributed by atoms with Crippen LogP contribution in [0, 0.1) is 0 Å². The first-order valence-electron chi connectivity index (χ1n) is 8.05. The molecule has 3 aromatic rings. The summed E-state index contributed by atoms with van der Waals surface area (Å²) in [6.45, 7) is 0.203. The van der Waals surface area contributed by atoms with Crippen molar-refractivity contribution in [3.8, 4) is 11.5 Å². The highest BCUT2D eigenvalue weighted by Crippen LogP contribution is 2.42. The molecule has 2 aliphatic rings. The number of thiophene rings is 1. The summed E-state index contributed by atoms with van der Waals surface area (Å²) in [6, 6.07) is 17.2. The predicted molar refractivity (Wildman–Crippen MR) is 104 cm³/mol. The van der Waals surface area contributed by atoms with Crippen LogP contribution in [-0.4, -0.2) is 12.7 Å². The molecule has 0 saturated heterocycles. The van der Waals surface area contributed by atoms with Gasteiger partial charge in [0.25, 0.3) is 5.91 Å². The van der Waals surface area contributed by atoms with Gasteiger partial charge in [-0.15, -0.1) is 11.3 Å². The van der Waals surface area contributed by atoms with Crippen LogP contribution in [0.1, 0.15) is 21.4 Å². The summed E-state index contributed by atoms with van der Waals surface area (Å²) < 4.78 is 11.9. The topological polar surface area (TPSA) is 50.8 Å². The molecule has 1 atom stereocenters. The fourth-order valence-corrected chi connectivity index (χ4v) is 4.70. The number of halogens is 1. The van der Waals surface area contributed by atoms with Gasteiger partial charge in [-0.1, -0.05) is 12.1 Å². The highest BCUT2D eigenvalue weighted by molar-refractivity contribution is 9.11. The van der Waals surface area contributed by atoms with Crippen molar-refractivity contribution in [2.75, 3.05) is 17.0 Å². The molecule has 5 rings (SSSR count). The van der Waals surface area contributed by atoms with Gasteiger partial charge in [0, 0.05) is 16.6 Å². The molecular weight excluding hydrogens is 416 g/mol. The summed E-state index contributed by atoms with van der Waals surface area (Å²) in [6.07, 6.45) is -0.297. The van der Waals surface area contributed by atoms with E-state index < -0.39 is 0 Å². The normalized spacial score (nSPS) is 17.8. The van der Waals surface area contributed by atoms with E-state index >= 15 is 0 Å². The number of carbonyl (C=O) groups is 1. The van der Waals surface area contributed by atoms with E-state index in [4.69, 9.17) is 9.47 Å². The molecule has 2 aliphatic heterocycles. The van der Waals surface area contributed by atoms with Crippen molar-refractivity contribution in [1.82, 2.24) is 0 Å². The van der Waals surface area contributed by atoms with E-state index in [1.54, 1.807) is 16.2 Å². The summed E-state index contributed by atoms with van der Waals surface area (Å²) in [7, 11) is 0. The number of nitrogens with zero attached hydrogens (tertiary/aromatic N) is 1. The van der Waals surface area contributed by atoms with E-state index in [2.05, 4.69) is 21.2 Å². The maximum atomic E-state index is 13.3. The predicted octanol–water partition coefficient (Wildman–Crippen LogP) is 5.01. The first kappa shape index (κ1) is 15.7. The lowest BCUT2D eigenvalue weighted by atomic mass is 10.1. The molecule has 0 unspecified atom stereocenters. The van der Waals surface area contributed by atoms with Crippen LogP contribution in [0.4, 0.5) is 11.4 Å². The van der Waals surface area contributed by atoms with Crippen molar-refractivity contribution in [3.63, 3.8) is 0 Å². The van der Waals surface area contributed by atoms with Gasteiger partial charge in [-0.25, -0.2) is 0 Å². The van der Waals surface area contributed by atoms with Crippen molar-refractivity contribution in [2.45, 2.75) is 6.17 Å². The van der Waals surface area contributed by atoms with Gasteiger partial charge in [0.1, 0.15) is 6.17 Å². The average Bonchev–Trinajstić information content (AvgIpc) is 3.29. The van der Waals surface area contributed by atoms with Gasteiger partial charge < -0.3 is 14.8 Å². The molecule has 26 heavy (non-hydrogen) atoms. The minimum absolute atomic E-state index is 0.0484. The van der Waals surface area contributed by atoms with E-state index in [0.29, 0.717) is 17.1 Å². The molecule has 0 bridgehead atoms. The SMILES string of the molecule is O=C1c2ccccc2N[C@H](c2ccc(Br)s2)N1c1ccc2c(c1)OCO2. The molecule has 2 aromatic carbocycles. The van der Waals surface area contributed by atoms with Crippen molar-refractivity contribution in [1.29, 1.82) is 0 Å². The molecule has 3 heterocycles. The molecule has 0 radical (unpaired) electrons. The van der Waals surface area contributed by atoms with Crippen molar-refractivity contribution >= 4 is 44.5 Å². The fourth-order valence-electron chi connectivity index (χ4n) is 3.23. The summed E-state index contributed by atoms with van der Waals surface area (Å²) in [5, 5.41) is 3.50. The van der Waals surface area contributed by atoms with Crippen LogP contribution < -0.4 is 19.7 Å². The molecule has 7 heteroatoms. The number of carbonyl (C=O) groups excluding carboxylic acids is 1. The molecule has 1 N–H and O–H groups in total. The fraction of sp³-hybridized carbons (Fsp3) is 0.105. The van der Waals surface area contributed by atoms with Gasteiger partial charge in [-0.3, -0.25) is 9.69 Å². The van der Waals surface area contributed by atoms with Crippen LogP contribution in [0.25, 0.3) is 0 Å². The first-order valence-corrected chi connectivity index (χ1v) is 9.66. The van der Waals surface area contributed by atoms with E-state index in [-0.39, 0.29) is 18.9 Å².